The van der Waals surface area contributed by atoms with E-state index in [9.17, 15) is 99.9 Å². The third kappa shape index (κ3) is 25.7. The second-order valence-electron chi connectivity index (χ2n) is 34.5. The number of nitrogens with one attached hydrogen (secondary N) is 3. The van der Waals surface area contributed by atoms with Crippen molar-refractivity contribution in [2.75, 3.05) is 81.5 Å². The highest BCUT2D eigenvalue weighted by molar-refractivity contribution is 7.49. The van der Waals surface area contributed by atoms with Crippen molar-refractivity contribution >= 4 is 145 Å². The number of aryl methyl sites for hydroxylation is 2. The molecule has 0 aliphatic carbocycles. The maximum Gasteiger partial charge on any atom is 0.472 e. The number of imidazole rings is 3. The van der Waals surface area contributed by atoms with Crippen molar-refractivity contribution in [3.05, 3.63) is 180 Å². The Bertz CT molecular complexity index is 7680. The van der Waals surface area contributed by atoms with Crippen LogP contribution < -0.4 is 62.2 Å². The highest BCUT2D eigenvalue weighted by Gasteiger charge is 2.53. The summed E-state index contributed by atoms with van der Waals surface area (Å²) in [7, 11) is -38.6. The molecule has 0 spiro atoms. The first-order chi connectivity index (χ1) is 70.7. The number of rotatable bonds is 44. The van der Waals surface area contributed by atoms with Gasteiger partial charge in [-0.15, -0.1) is 0 Å². The zero-order valence-electron chi connectivity index (χ0n) is 77.2. The third-order valence-corrected chi connectivity index (χ3v) is 31.0. The normalized spacial score (nSPS) is 26.7. The summed E-state index contributed by atoms with van der Waals surface area (Å²) >= 11 is 0. The van der Waals surface area contributed by atoms with E-state index in [0.29, 0.717) is 6.42 Å². The first-order valence-corrected chi connectivity index (χ1v) is 55.5. The fourth-order valence-corrected chi connectivity index (χ4v) is 23.8. The van der Waals surface area contributed by atoms with E-state index in [-0.39, 0.29) is 94.0 Å². The summed E-state index contributed by atoms with van der Waals surface area (Å²) in [6, 6.07) is 20.1. The highest BCUT2D eigenvalue weighted by atomic mass is 31.2. The number of carbonyl (C=O) groups is 1. The lowest BCUT2D eigenvalue weighted by molar-refractivity contribution is -0.121. The van der Waals surface area contributed by atoms with Crippen LogP contribution >= 0.6 is 54.8 Å². The topological polar surface area (TPSA) is 891 Å². The largest absolute Gasteiger partial charge is 0.472 e. The molecule has 9 aromatic heterocycles. The fourth-order valence-electron chi connectivity index (χ4n) is 17.6. The average molecular weight is 2230 g/mol. The number of H-pyrrole nitrogens is 2. The summed E-state index contributed by atoms with van der Waals surface area (Å²) in [5, 5.41) is 6.78. The molecule has 3 aromatic carbocycles. The number of hydrogen-bond acceptors (Lipinski definition) is 47. The van der Waals surface area contributed by atoms with Crippen molar-refractivity contribution in [1.29, 1.82) is 0 Å². The first kappa shape index (κ1) is 108. The molecule has 15 heterocycles. The molecular formula is C78H95N24O40P7. The molecule has 18 rings (SSSR count). The number of phosphoric acid groups is 7. The van der Waals surface area contributed by atoms with E-state index < -0.39 is 278 Å². The summed E-state index contributed by atoms with van der Waals surface area (Å²) in [4.78, 5) is 213. The number of anilines is 5. The highest BCUT2D eigenvalue weighted by Crippen LogP contribution is 2.58. The number of nitrogens with zero attached hydrogens (tertiary/aromatic N) is 16. The number of aromatic amines is 2. The van der Waals surface area contributed by atoms with Gasteiger partial charge in [0.15, 0.2) is 34.1 Å². The zero-order chi connectivity index (χ0) is 106. The maximum atomic E-state index is 14.6. The molecule has 6 aliphatic rings. The minimum absolute atomic E-state index is 0.0113. The van der Waals surface area contributed by atoms with Gasteiger partial charge >= 0.3 is 71.8 Å². The summed E-state index contributed by atoms with van der Waals surface area (Å²) < 4.78 is 212. The molecule has 149 heavy (non-hydrogen) atoms. The lowest BCUT2D eigenvalue weighted by atomic mass is 9.94. The Hall–Kier alpha value is -10.9. The molecule has 0 bridgehead atoms. The number of phosphoric ester groups is 7. The maximum absolute atomic E-state index is 14.6. The Kier molecular flexibility index (Phi) is 31.9. The number of nitrogens with two attached hydrogens (primary N) is 5. The van der Waals surface area contributed by atoms with Gasteiger partial charge in [0.1, 0.15) is 146 Å². The van der Waals surface area contributed by atoms with Gasteiger partial charge in [-0.2, -0.15) is 15.0 Å². The van der Waals surface area contributed by atoms with Crippen molar-refractivity contribution in [3.63, 3.8) is 0 Å². The molecule has 21 N–H and O–H groups in total. The quantitative estimate of drug-likeness (QED) is 0.0148. The second kappa shape index (κ2) is 44.0. The van der Waals surface area contributed by atoms with Crippen LogP contribution in [0.15, 0.2) is 141 Å². The molecule has 6 fully saturated rings. The zero-order valence-corrected chi connectivity index (χ0v) is 83.5. The molecule has 0 radical (unpaired) electrons. The first-order valence-electron chi connectivity index (χ1n) is 45.0. The molecule has 12 aromatic rings. The molecule has 6 unspecified atom stereocenters. The Morgan fingerprint density at radius 1 is 0.423 bits per heavy atom. The van der Waals surface area contributed by atoms with Gasteiger partial charge in [-0.05, 0) is 65.1 Å². The SMILES string of the molecule is Cc1cn([C@H]2C[C@H](OP(=O)(O)OC[C@H]3O[C@@H](n4cnc5c(N)ncnc54)C[C@@H]3OP(=O)(O)OC[C@H]3O[C@@H](n4cnc5c(N)ncnc54)C[C@@H]3OP(=O)(O)O)[C@@H](COP(=O)(O)O[C@H]3C[C@H](n4ccc(N)nc4=O)O[C@@H]3COP(=O)(O)O[C@H]3C[C@H](n4cnc5c(=O)[nH]c(N)nc54)O[C@@H]3COP(=O)(O)O[C@H]3C[C@H](n4ccc(N)nc4=O)O[C@@H]3COP(=O)(O)OCCCNC(=O)CCc3c4ccccc4cc4ccccc34)O2)c(=O)[nH]c1=O. The third-order valence-electron chi connectivity index (χ3n) is 24.4. The van der Waals surface area contributed by atoms with Gasteiger partial charge in [0.25, 0.3) is 11.1 Å². The van der Waals surface area contributed by atoms with E-state index in [4.69, 9.17) is 116 Å². The fraction of sp³-hybridized carbons (Fsp3) is 0.462. The Morgan fingerprint density at radius 3 is 1.18 bits per heavy atom. The van der Waals surface area contributed by atoms with Crippen molar-refractivity contribution < 1.29 is 163 Å². The number of carbonyl (C=O) groups excluding carboxylic acids is 1. The van der Waals surface area contributed by atoms with Crippen LogP contribution in [0.2, 0.25) is 0 Å². The number of ether oxygens (including phenoxy) is 6. The number of benzene rings is 3. The predicted molar refractivity (Wildman–Crippen MR) is 504 cm³/mol. The molecule has 802 valence electrons. The van der Waals surface area contributed by atoms with Crippen LogP contribution in [0, 0.1) is 6.92 Å². The molecule has 24 atom stereocenters. The van der Waals surface area contributed by atoms with Crippen molar-refractivity contribution in [2.45, 2.75) is 175 Å². The average Bonchev–Trinajstić information content (AvgIpc) is 1.62. The minimum Gasteiger partial charge on any atom is -0.383 e. The van der Waals surface area contributed by atoms with Crippen LogP contribution in [0.1, 0.15) is 99.9 Å². The molecular weight excluding hydrogens is 2130 g/mol. The molecule has 64 nitrogen and oxygen atoms in total. The summed E-state index contributed by atoms with van der Waals surface area (Å²) in [6.07, 6.45) is -23.1. The molecule has 6 aliphatic heterocycles. The second-order valence-corrected chi connectivity index (χ2v) is 44.1. The van der Waals surface area contributed by atoms with Crippen LogP contribution in [0.4, 0.5) is 29.2 Å². The molecule has 6 saturated heterocycles. The molecule has 0 saturated carbocycles. The van der Waals surface area contributed by atoms with Crippen LogP contribution in [0.5, 0.6) is 0 Å². The van der Waals surface area contributed by atoms with Gasteiger partial charge < -0.3 is 102 Å². The van der Waals surface area contributed by atoms with Gasteiger partial charge in [-0.1, -0.05) is 48.5 Å². The lowest BCUT2D eigenvalue weighted by Crippen LogP contribution is -2.33. The van der Waals surface area contributed by atoms with E-state index in [2.05, 4.69) is 71.2 Å². The van der Waals surface area contributed by atoms with Crippen LogP contribution in [-0.4, -0.2) is 258 Å². The van der Waals surface area contributed by atoms with Crippen LogP contribution in [-0.2, 0) is 130 Å². The smallest absolute Gasteiger partial charge is 0.383 e. The van der Waals surface area contributed by atoms with E-state index in [1.165, 1.54) is 41.0 Å². The summed E-state index contributed by atoms with van der Waals surface area (Å²) in [6.45, 7) is -5.67. The predicted octanol–water partition coefficient (Wildman–Crippen LogP) is 2.38. The van der Waals surface area contributed by atoms with Gasteiger partial charge in [0.2, 0.25) is 11.9 Å². The molecule has 71 heteroatoms. The van der Waals surface area contributed by atoms with Gasteiger partial charge in [-0.25, -0.2) is 81.2 Å². The van der Waals surface area contributed by atoms with E-state index in [1.807, 2.05) is 48.5 Å². The van der Waals surface area contributed by atoms with Crippen LogP contribution in [0.25, 0.3) is 55.0 Å². The number of fused-ring (bicyclic) bond motifs is 5. The Morgan fingerprint density at radius 2 is 0.785 bits per heavy atom. The number of aromatic nitrogens is 18. The van der Waals surface area contributed by atoms with Crippen LogP contribution in [0.3, 0.4) is 0 Å². The summed E-state index contributed by atoms with van der Waals surface area (Å²) in [5.41, 5.74) is 25.5. The van der Waals surface area contributed by atoms with Gasteiger partial charge in [-0.3, -0.25) is 111 Å². The standard InChI is InChI=1S/C78H95N24O40P7/c1-38-26-99(78(108)96-73(38)104)61-23-47(140-148(120,121)129-31-54-48(24-63(135-54)101-36-90-66-69(82)86-34-88-71(66)101)141-145(114,115)126-28-50-44(137-143(109,110)111)20-62(134-50)100-35-89-65-68(81)85-33-87-70(65)100)53(133-61)30-128-146(116,117)139-46-22-60(98-17-14-57(80)93-77(98)107)132-52(46)29-127-149(122,123)142-49-25-64(102-37-91-67-72(102)94-75(83)95-74(67)105)136-55(49)32-130-147(118,119)138-45-21-59(97-16-13-56(79)92-76(97)106)131-51(45)27-125-144(112,113)124-18-6-15-84-58(103)12-11-43-41-9-4-2-7-39(41)19-40-8-3-5-10-42(40)43/h2-5,7-10,13-14,16-17,19,26,33-37,44-55,59-64H,6,11-12,15,18,20-25,27-32H2,1H3,(H,84,103)(H,112,113)(H,114,115)(H,116,117)(H,118,119)(H,120,121)(H,122,123)(H2,79,92,106)(H2,80,93,107)(H2,81,85,87)(H2,82,86,88)(H,96,104,108)(H2,109,110,111)(H3,83,94,95,105)/t44-,45-,46-,47-,48-,49-,50+,51+,52+,53+,54+,55+,59+,60+,61+,62+,63+,64+/m0/s1. The van der Waals surface area contributed by atoms with E-state index >= 15 is 0 Å². The Labute approximate surface area is 833 Å². The van der Waals surface area contributed by atoms with Gasteiger partial charge in [0, 0.05) is 75.6 Å². The van der Waals surface area contributed by atoms with E-state index in [1.54, 1.807) is 0 Å². The monoisotopic (exact) mass is 2220 g/mol. The van der Waals surface area contributed by atoms with Crippen molar-refractivity contribution in [2.24, 2.45) is 0 Å². The minimum atomic E-state index is -5.74. The summed E-state index contributed by atoms with van der Waals surface area (Å²) in [5.74, 6) is -1.32. The van der Waals surface area contributed by atoms with Gasteiger partial charge in [0.05, 0.1) is 65.2 Å². The van der Waals surface area contributed by atoms with E-state index in [0.717, 1.165) is 82.8 Å². The molecule has 1 amide bonds. The number of nitrogen functional groups attached to an aromatic ring is 5. The Balaban J connectivity index is 0.535. The van der Waals surface area contributed by atoms with Crippen molar-refractivity contribution in [1.82, 2.24) is 92.5 Å². The van der Waals surface area contributed by atoms with Crippen molar-refractivity contribution in [3.8, 4) is 0 Å². The number of amides is 1. The lowest BCUT2D eigenvalue weighted by Gasteiger charge is -2.26. The number of hydrogen-bond donors (Lipinski definition) is 16.